The number of hydrogen-bond donors (Lipinski definition) is 0. The third-order valence-electron chi connectivity index (χ3n) is 4.79. The lowest BCUT2D eigenvalue weighted by atomic mass is 10.0. The summed E-state index contributed by atoms with van der Waals surface area (Å²) in [6, 6.07) is 23.0. The fourth-order valence-corrected chi connectivity index (χ4v) is 6.02. The average molecular weight is 439 g/mol. The summed E-state index contributed by atoms with van der Waals surface area (Å²) in [6.07, 6.45) is 0. The Hall–Kier alpha value is -2.77. The molecule has 5 nitrogen and oxygen atoms in total. The fourth-order valence-electron chi connectivity index (χ4n) is 3.44. The van der Waals surface area contributed by atoms with Crippen LogP contribution in [0, 0.1) is 0 Å². The number of hydrogen-bond acceptors (Lipinski definition) is 5. The molecule has 0 atom stereocenters. The van der Waals surface area contributed by atoms with Gasteiger partial charge in [0.2, 0.25) is 0 Å². The zero-order valence-corrected chi connectivity index (χ0v) is 18.4. The first-order chi connectivity index (χ1) is 14.5. The van der Waals surface area contributed by atoms with Gasteiger partial charge in [0.1, 0.15) is 11.5 Å². The number of sulfonamides is 1. The maximum Gasteiger partial charge on any atom is 0.266 e. The monoisotopic (exact) mass is 438 g/mol. The van der Waals surface area contributed by atoms with Crippen LogP contribution in [0.3, 0.4) is 0 Å². The highest BCUT2D eigenvalue weighted by Crippen LogP contribution is 2.38. The first-order valence-corrected chi connectivity index (χ1v) is 12.0. The highest BCUT2D eigenvalue weighted by atomic mass is 32.2. The number of thioether (sulfide) groups is 1. The normalized spacial score (nSPS) is 15.1. The molecule has 3 aromatic rings. The van der Waals surface area contributed by atoms with Crippen LogP contribution in [-0.4, -0.2) is 30.7 Å². The van der Waals surface area contributed by atoms with Crippen LogP contribution in [0.15, 0.2) is 82.7 Å². The van der Waals surface area contributed by atoms with E-state index in [1.165, 1.54) is 16.1 Å². The smallest absolute Gasteiger partial charge is 0.266 e. The van der Waals surface area contributed by atoms with Crippen LogP contribution in [0.4, 0.5) is 0 Å². The Morgan fingerprint density at radius 2 is 1.80 bits per heavy atom. The van der Waals surface area contributed by atoms with Gasteiger partial charge in [-0.15, -0.1) is 0 Å². The molecule has 7 heteroatoms. The zero-order chi connectivity index (χ0) is 21.1. The van der Waals surface area contributed by atoms with Crippen LogP contribution < -0.4 is 4.74 Å². The van der Waals surface area contributed by atoms with Gasteiger partial charge in [-0.2, -0.15) is 0 Å². The minimum atomic E-state index is -3.59. The quantitative estimate of drug-likeness (QED) is 0.405. The standard InChI is InChI=1S/C23H22N2O3S2/c1-3-29-23(24-2)25-16-18-15-19(13-14-22(18)30(25,26)27)28-21-12-8-7-11-20(21)17-9-5-4-6-10-17/h4-15H,3,16H2,1-2H3/b24-23-. The minimum Gasteiger partial charge on any atom is -0.457 e. The lowest BCUT2D eigenvalue weighted by Gasteiger charge is -2.17. The van der Waals surface area contributed by atoms with Crippen molar-refractivity contribution in [2.24, 2.45) is 4.99 Å². The lowest BCUT2D eigenvalue weighted by Crippen LogP contribution is -2.29. The lowest BCUT2D eigenvalue weighted by molar-refractivity contribution is 0.482. The number of amidine groups is 1. The van der Waals surface area contributed by atoms with Crippen molar-refractivity contribution in [2.45, 2.75) is 18.4 Å². The zero-order valence-electron chi connectivity index (χ0n) is 16.8. The molecule has 1 aliphatic heterocycles. The Balaban J connectivity index is 1.66. The second-order valence-corrected chi connectivity index (χ2v) is 9.75. The molecule has 0 radical (unpaired) electrons. The molecule has 4 rings (SSSR count). The number of nitrogens with zero attached hydrogens (tertiary/aromatic N) is 2. The Labute approximate surface area is 181 Å². The number of rotatable bonds is 4. The molecule has 0 fully saturated rings. The van der Waals surface area contributed by atoms with E-state index in [9.17, 15) is 8.42 Å². The van der Waals surface area contributed by atoms with Crippen molar-refractivity contribution in [2.75, 3.05) is 12.8 Å². The minimum absolute atomic E-state index is 0.259. The van der Waals surface area contributed by atoms with Gasteiger partial charge in [0.05, 0.1) is 11.4 Å². The second kappa shape index (κ2) is 8.53. The highest BCUT2D eigenvalue weighted by molar-refractivity contribution is 8.14. The Morgan fingerprint density at radius 3 is 2.53 bits per heavy atom. The number of ether oxygens (including phenoxy) is 1. The van der Waals surface area contributed by atoms with E-state index >= 15 is 0 Å². The molecule has 0 amide bonds. The molecule has 3 aromatic carbocycles. The molecule has 0 saturated carbocycles. The molecule has 0 aliphatic carbocycles. The number of aliphatic imine (C=N–C) groups is 1. The van der Waals surface area contributed by atoms with Crippen molar-refractivity contribution >= 4 is 27.0 Å². The van der Waals surface area contributed by atoms with Gasteiger partial charge in [0.15, 0.2) is 5.17 Å². The highest BCUT2D eigenvalue weighted by Gasteiger charge is 2.37. The summed E-state index contributed by atoms with van der Waals surface area (Å²) in [4.78, 5) is 4.48. The number of para-hydroxylation sites is 1. The molecule has 0 spiro atoms. The van der Waals surface area contributed by atoms with Crippen molar-refractivity contribution in [1.29, 1.82) is 0 Å². The first-order valence-electron chi connectivity index (χ1n) is 9.62. The van der Waals surface area contributed by atoms with E-state index in [1.807, 2.05) is 61.5 Å². The van der Waals surface area contributed by atoms with Crippen LogP contribution >= 0.6 is 11.8 Å². The maximum absolute atomic E-state index is 13.0. The summed E-state index contributed by atoms with van der Waals surface area (Å²) in [5, 5.41) is 0.505. The summed E-state index contributed by atoms with van der Waals surface area (Å²) in [6.45, 7) is 2.23. The molecule has 0 saturated heterocycles. The topological polar surface area (TPSA) is 59.0 Å². The fraction of sp³-hybridized carbons (Fsp3) is 0.174. The van der Waals surface area contributed by atoms with E-state index in [0.717, 1.165) is 22.6 Å². The summed E-state index contributed by atoms with van der Waals surface area (Å²) in [5.41, 5.74) is 2.75. The van der Waals surface area contributed by atoms with Gasteiger partial charge in [-0.05, 0) is 41.1 Å². The van der Waals surface area contributed by atoms with E-state index < -0.39 is 10.0 Å². The van der Waals surface area contributed by atoms with E-state index in [4.69, 9.17) is 4.74 Å². The largest absolute Gasteiger partial charge is 0.457 e. The molecule has 30 heavy (non-hydrogen) atoms. The molecule has 0 aromatic heterocycles. The molecule has 0 unspecified atom stereocenters. The van der Waals surface area contributed by atoms with Crippen molar-refractivity contribution in [1.82, 2.24) is 4.31 Å². The Kier molecular flexibility index (Phi) is 5.83. The molecule has 1 heterocycles. The second-order valence-electron chi connectivity index (χ2n) is 6.68. The van der Waals surface area contributed by atoms with E-state index in [0.29, 0.717) is 21.4 Å². The molecular weight excluding hydrogens is 416 g/mol. The third-order valence-corrected chi connectivity index (χ3v) is 7.69. The predicted octanol–water partition coefficient (Wildman–Crippen LogP) is 5.39. The van der Waals surface area contributed by atoms with Crippen LogP contribution in [0.2, 0.25) is 0 Å². The van der Waals surface area contributed by atoms with Crippen LogP contribution in [0.25, 0.3) is 11.1 Å². The molecule has 0 N–H and O–H groups in total. The van der Waals surface area contributed by atoms with Crippen molar-refractivity contribution in [3.63, 3.8) is 0 Å². The molecular formula is C23H22N2O3S2. The summed E-state index contributed by atoms with van der Waals surface area (Å²) in [7, 11) is -1.98. The maximum atomic E-state index is 13.0. The predicted molar refractivity (Wildman–Crippen MR) is 123 cm³/mol. The van der Waals surface area contributed by atoms with Crippen molar-refractivity contribution in [3.8, 4) is 22.6 Å². The SMILES string of the molecule is CCS/C(=N\C)N1Cc2cc(Oc3ccccc3-c3ccccc3)ccc2S1(=O)=O. The van der Waals surface area contributed by atoms with Gasteiger partial charge in [0, 0.05) is 12.6 Å². The molecule has 154 valence electrons. The summed E-state index contributed by atoms with van der Waals surface area (Å²) >= 11 is 1.42. The van der Waals surface area contributed by atoms with Crippen molar-refractivity contribution in [3.05, 3.63) is 78.4 Å². The molecule has 1 aliphatic rings. The van der Waals surface area contributed by atoms with Gasteiger partial charge < -0.3 is 4.74 Å². The van der Waals surface area contributed by atoms with Gasteiger partial charge in [-0.3, -0.25) is 4.99 Å². The number of fused-ring (bicyclic) bond motifs is 1. The number of benzene rings is 3. The Morgan fingerprint density at radius 1 is 1.07 bits per heavy atom. The molecule has 0 bridgehead atoms. The average Bonchev–Trinajstić information content (AvgIpc) is 3.03. The van der Waals surface area contributed by atoms with Crippen molar-refractivity contribution < 1.29 is 13.2 Å². The third kappa shape index (κ3) is 3.82. The summed E-state index contributed by atoms with van der Waals surface area (Å²) < 4.78 is 33.5. The van der Waals surface area contributed by atoms with Gasteiger partial charge in [-0.25, -0.2) is 12.7 Å². The van der Waals surface area contributed by atoms with Gasteiger partial charge in [-0.1, -0.05) is 67.2 Å². The van der Waals surface area contributed by atoms with Crippen LogP contribution in [-0.2, 0) is 16.6 Å². The van der Waals surface area contributed by atoms with E-state index in [1.54, 1.807) is 25.2 Å². The summed E-state index contributed by atoms with van der Waals surface area (Å²) in [5.74, 6) is 2.07. The van der Waals surface area contributed by atoms with E-state index in [-0.39, 0.29) is 6.54 Å². The van der Waals surface area contributed by atoms with Crippen LogP contribution in [0.5, 0.6) is 11.5 Å². The van der Waals surface area contributed by atoms with Gasteiger partial charge >= 0.3 is 0 Å². The Bertz CT molecular complexity index is 1190. The van der Waals surface area contributed by atoms with Gasteiger partial charge in [0.25, 0.3) is 10.0 Å². The van der Waals surface area contributed by atoms with Crippen LogP contribution in [0.1, 0.15) is 12.5 Å². The van der Waals surface area contributed by atoms with E-state index in [2.05, 4.69) is 4.99 Å². The first kappa shape index (κ1) is 20.5.